The summed E-state index contributed by atoms with van der Waals surface area (Å²) < 4.78 is 5.04. The molecular formula is C16H12ClN3O3. The molecule has 0 saturated heterocycles. The largest absolute Gasteiger partial charge is 0.440 e. The first-order valence-electron chi connectivity index (χ1n) is 6.76. The van der Waals surface area contributed by atoms with E-state index in [1.165, 1.54) is 18.2 Å². The normalized spacial score (nSPS) is 10.5. The van der Waals surface area contributed by atoms with Crippen molar-refractivity contribution < 1.29 is 9.21 Å². The van der Waals surface area contributed by atoms with Gasteiger partial charge in [-0.15, -0.1) is 0 Å². The lowest BCUT2D eigenvalue weighted by Crippen LogP contribution is -2.11. The molecule has 2 heterocycles. The number of hydrogen-bond acceptors (Lipinski definition) is 4. The van der Waals surface area contributed by atoms with Crippen LogP contribution in [0.25, 0.3) is 11.4 Å². The highest BCUT2D eigenvalue weighted by atomic mass is 35.5. The molecule has 1 amide bonds. The zero-order valence-corrected chi connectivity index (χ0v) is 12.8. The second kappa shape index (κ2) is 6.10. The van der Waals surface area contributed by atoms with Gasteiger partial charge in [0.2, 0.25) is 0 Å². The maximum Gasteiger partial charge on any atom is 0.291 e. The second-order valence-corrected chi connectivity index (χ2v) is 5.24. The summed E-state index contributed by atoms with van der Waals surface area (Å²) in [5, 5.41) is 2.84. The molecule has 7 heteroatoms. The molecule has 3 aromatic rings. The number of aromatic amines is 1. The molecule has 0 fully saturated rings. The number of anilines is 1. The number of carbonyl (C=O) groups excluding carboxylic acids is 1. The monoisotopic (exact) mass is 329 g/mol. The number of hydrogen-bond donors (Lipinski definition) is 2. The van der Waals surface area contributed by atoms with Gasteiger partial charge >= 0.3 is 0 Å². The number of halogens is 1. The zero-order valence-electron chi connectivity index (χ0n) is 12.1. The summed E-state index contributed by atoms with van der Waals surface area (Å²) in [4.78, 5) is 30.4. The van der Waals surface area contributed by atoms with Crippen LogP contribution in [0.5, 0.6) is 0 Å². The Labute approximate surface area is 136 Å². The SMILES string of the molecule is Cc1cc(=O)[nH]c(-c2ccc(NC(=O)c3ccc(Cl)o3)cc2)n1. The van der Waals surface area contributed by atoms with Crippen molar-refractivity contribution in [3.05, 3.63) is 69.5 Å². The average molecular weight is 330 g/mol. The lowest BCUT2D eigenvalue weighted by molar-refractivity contribution is 0.0997. The van der Waals surface area contributed by atoms with Gasteiger partial charge in [0.15, 0.2) is 11.0 Å². The highest BCUT2D eigenvalue weighted by Crippen LogP contribution is 2.19. The smallest absolute Gasteiger partial charge is 0.291 e. The molecule has 116 valence electrons. The Morgan fingerprint density at radius 3 is 2.57 bits per heavy atom. The van der Waals surface area contributed by atoms with Crippen LogP contribution in [-0.2, 0) is 0 Å². The molecule has 0 aliphatic carbocycles. The van der Waals surface area contributed by atoms with Crippen molar-refractivity contribution >= 4 is 23.2 Å². The van der Waals surface area contributed by atoms with Gasteiger partial charge in [-0.1, -0.05) is 0 Å². The van der Waals surface area contributed by atoms with E-state index in [2.05, 4.69) is 15.3 Å². The first-order chi connectivity index (χ1) is 11.0. The van der Waals surface area contributed by atoms with Crippen LogP contribution in [0.2, 0.25) is 5.22 Å². The fourth-order valence-corrected chi connectivity index (χ4v) is 2.20. The van der Waals surface area contributed by atoms with E-state index in [1.807, 2.05) is 0 Å². The van der Waals surface area contributed by atoms with Crippen LogP contribution in [0.4, 0.5) is 5.69 Å². The molecule has 6 nitrogen and oxygen atoms in total. The highest BCUT2D eigenvalue weighted by Gasteiger charge is 2.11. The molecule has 0 spiro atoms. The van der Waals surface area contributed by atoms with E-state index in [9.17, 15) is 9.59 Å². The van der Waals surface area contributed by atoms with E-state index >= 15 is 0 Å². The molecule has 2 N–H and O–H groups in total. The number of nitrogens with one attached hydrogen (secondary N) is 2. The van der Waals surface area contributed by atoms with Crippen LogP contribution in [0.15, 0.2) is 51.7 Å². The third-order valence-electron chi connectivity index (χ3n) is 3.08. The molecule has 3 rings (SSSR count). The highest BCUT2D eigenvalue weighted by molar-refractivity contribution is 6.29. The molecule has 0 bridgehead atoms. The Kier molecular flexibility index (Phi) is 3.99. The van der Waals surface area contributed by atoms with Gasteiger partial charge in [0.25, 0.3) is 11.5 Å². The van der Waals surface area contributed by atoms with Crippen molar-refractivity contribution in [2.75, 3.05) is 5.32 Å². The number of benzene rings is 1. The Morgan fingerprint density at radius 2 is 1.96 bits per heavy atom. The molecule has 0 saturated carbocycles. The van der Waals surface area contributed by atoms with E-state index in [0.29, 0.717) is 17.2 Å². The average Bonchev–Trinajstić information content (AvgIpc) is 2.94. The van der Waals surface area contributed by atoms with Crippen LogP contribution in [-0.4, -0.2) is 15.9 Å². The third kappa shape index (κ3) is 3.49. The zero-order chi connectivity index (χ0) is 16.4. The van der Waals surface area contributed by atoms with Gasteiger partial charge in [0, 0.05) is 23.0 Å². The number of carbonyl (C=O) groups is 1. The van der Waals surface area contributed by atoms with E-state index in [1.54, 1.807) is 31.2 Å². The van der Waals surface area contributed by atoms with Gasteiger partial charge in [0.05, 0.1) is 0 Å². The van der Waals surface area contributed by atoms with Crippen LogP contribution in [0.3, 0.4) is 0 Å². The van der Waals surface area contributed by atoms with Crippen molar-refractivity contribution in [2.24, 2.45) is 0 Å². The molecule has 2 aromatic heterocycles. The molecule has 0 unspecified atom stereocenters. The van der Waals surface area contributed by atoms with Crippen molar-refractivity contribution in [1.29, 1.82) is 0 Å². The number of H-pyrrole nitrogens is 1. The quantitative estimate of drug-likeness (QED) is 0.772. The Morgan fingerprint density at radius 1 is 1.22 bits per heavy atom. The first kappa shape index (κ1) is 15.1. The minimum Gasteiger partial charge on any atom is -0.440 e. The van der Waals surface area contributed by atoms with E-state index in [0.717, 1.165) is 5.56 Å². The molecule has 0 aliphatic heterocycles. The topological polar surface area (TPSA) is 88.0 Å². The van der Waals surface area contributed by atoms with Crippen LogP contribution in [0.1, 0.15) is 16.2 Å². The van der Waals surface area contributed by atoms with Crippen LogP contribution >= 0.6 is 11.6 Å². The minimum atomic E-state index is -0.397. The van der Waals surface area contributed by atoms with Crippen LogP contribution < -0.4 is 10.9 Å². The Hall–Kier alpha value is -2.86. The standard InChI is InChI=1S/C16H12ClN3O3/c1-9-8-14(21)20-15(18-9)10-2-4-11(5-3-10)19-16(22)12-6-7-13(17)23-12/h2-8H,1H3,(H,19,22)(H,18,20,21). The Balaban J connectivity index is 1.79. The number of rotatable bonds is 3. The third-order valence-corrected chi connectivity index (χ3v) is 3.29. The summed E-state index contributed by atoms with van der Waals surface area (Å²) in [5.74, 6) is 0.209. The number of amides is 1. The maximum atomic E-state index is 11.9. The summed E-state index contributed by atoms with van der Waals surface area (Å²) in [6.45, 7) is 1.75. The molecular weight excluding hydrogens is 318 g/mol. The Bertz CT molecular complexity index is 913. The lowest BCUT2D eigenvalue weighted by atomic mass is 10.2. The van der Waals surface area contributed by atoms with Gasteiger partial charge in [-0.25, -0.2) is 4.98 Å². The van der Waals surface area contributed by atoms with E-state index < -0.39 is 5.91 Å². The van der Waals surface area contributed by atoms with Crippen molar-refractivity contribution in [2.45, 2.75) is 6.92 Å². The van der Waals surface area contributed by atoms with Gasteiger partial charge in [-0.3, -0.25) is 9.59 Å². The summed E-state index contributed by atoms with van der Waals surface area (Å²) in [7, 11) is 0. The lowest BCUT2D eigenvalue weighted by Gasteiger charge is -2.05. The summed E-state index contributed by atoms with van der Waals surface area (Å²) in [6.07, 6.45) is 0. The predicted octanol–water partition coefficient (Wildman–Crippen LogP) is 3.24. The van der Waals surface area contributed by atoms with Gasteiger partial charge in [-0.2, -0.15) is 0 Å². The number of aromatic nitrogens is 2. The van der Waals surface area contributed by atoms with Crippen molar-refractivity contribution in [3.63, 3.8) is 0 Å². The molecule has 0 radical (unpaired) electrons. The summed E-state index contributed by atoms with van der Waals surface area (Å²) >= 11 is 5.64. The summed E-state index contributed by atoms with van der Waals surface area (Å²) in [6, 6.07) is 11.3. The molecule has 1 aromatic carbocycles. The maximum absolute atomic E-state index is 11.9. The predicted molar refractivity (Wildman–Crippen MR) is 86.7 cm³/mol. The van der Waals surface area contributed by atoms with Crippen molar-refractivity contribution in [3.8, 4) is 11.4 Å². The molecule has 0 aliphatic rings. The first-order valence-corrected chi connectivity index (χ1v) is 7.14. The van der Waals surface area contributed by atoms with Gasteiger partial charge < -0.3 is 14.7 Å². The minimum absolute atomic E-state index is 0.128. The summed E-state index contributed by atoms with van der Waals surface area (Å²) in [5.41, 5.74) is 1.75. The van der Waals surface area contributed by atoms with Gasteiger partial charge in [0.1, 0.15) is 5.82 Å². The fourth-order valence-electron chi connectivity index (χ4n) is 2.06. The number of aryl methyl sites for hydroxylation is 1. The number of furan rings is 1. The van der Waals surface area contributed by atoms with Gasteiger partial charge in [-0.05, 0) is 54.9 Å². The van der Waals surface area contributed by atoms with E-state index in [-0.39, 0.29) is 16.5 Å². The van der Waals surface area contributed by atoms with Crippen molar-refractivity contribution in [1.82, 2.24) is 9.97 Å². The molecule has 0 atom stereocenters. The van der Waals surface area contributed by atoms with Crippen LogP contribution in [0, 0.1) is 6.92 Å². The molecule has 23 heavy (non-hydrogen) atoms. The van der Waals surface area contributed by atoms with E-state index in [4.69, 9.17) is 16.0 Å². The fraction of sp³-hybridized carbons (Fsp3) is 0.0625. The number of nitrogens with zero attached hydrogens (tertiary/aromatic N) is 1. The second-order valence-electron chi connectivity index (χ2n) is 4.87.